The van der Waals surface area contributed by atoms with Crippen molar-refractivity contribution in [2.75, 3.05) is 18.0 Å². The van der Waals surface area contributed by atoms with Crippen molar-refractivity contribution in [3.05, 3.63) is 77.4 Å². The van der Waals surface area contributed by atoms with E-state index in [1.54, 1.807) is 0 Å². The second-order valence-corrected chi connectivity index (χ2v) is 10.1. The second kappa shape index (κ2) is 7.65. The molecule has 2 heterocycles. The van der Waals surface area contributed by atoms with Crippen molar-refractivity contribution >= 4 is 28.3 Å². The van der Waals surface area contributed by atoms with Crippen molar-refractivity contribution < 1.29 is 14.7 Å². The first-order valence-electron chi connectivity index (χ1n) is 12.1. The van der Waals surface area contributed by atoms with Crippen molar-refractivity contribution in [1.29, 1.82) is 0 Å². The Bertz CT molecular complexity index is 1310. The molecule has 1 fully saturated rings. The van der Waals surface area contributed by atoms with Crippen molar-refractivity contribution in [1.82, 2.24) is 4.90 Å². The minimum atomic E-state index is -0.918. The van der Waals surface area contributed by atoms with E-state index in [0.717, 1.165) is 42.7 Å². The molecule has 0 aromatic heterocycles. The molecule has 3 atom stereocenters. The highest BCUT2D eigenvalue weighted by Gasteiger charge is 2.50. The van der Waals surface area contributed by atoms with Crippen LogP contribution in [0.15, 0.2) is 60.7 Å². The second-order valence-electron chi connectivity index (χ2n) is 10.1. The number of piperidine rings is 1. The van der Waals surface area contributed by atoms with E-state index in [4.69, 9.17) is 5.73 Å². The number of hydrogen-bond donors (Lipinski definition) is 2. The van der Waals surface area contributed by atoms with E-state index in [0.29, 0.717) is 0 Å². The van der Waals surface area contributed by atoms with Crippen LogP contribution < -0.4 is 10.6 Å². The van der Waals surface area contributed by atoms with Crippen molar-refractivity contribution in [2.45, 2.75) is 49.8 Å². The average Bonchev–Trinajstić information content (AvgIpc) is 3.24. The van der Waals surface area contributed by atoms with Gasteiger partial charge in [-0.25, -0.2) is 0 Å². The topological polar surface area (TPSA) is 86.9 Å². The number of amides is 2. The molecule has 3 aromatic rings. The monoisotopic (exact) mass is 455 g/mol. The van der Waals surface area contributed by atoms with Gasteiger partial charge in [-0.15, -0.1) is 0 Å². The molecule has 3 N–H and O–H groups in total. The van der Waals surface area contributed by atoms with Crippen LogP contribution in [-0.4, -0.2) is 41.0 Å². The minimum Gasteiger partial charge on any atom is -0.386 e. The maximum absolute atomic E-state index is 13.6. The summed E-state index contributed by atoms with van der Waals surface area (Å²) in [5.74, 6) is -0.504. The van der Waals surface area contributed by atoms with E-state index in [1.165, 1.54) is 16.3 Å². The van der Waals surface area contributed by atoms with E-state index < -0.39 is 17.4 Å². The maximum Gasteiger partial charge on any atom is 0.238 e. The predicted molar refractivity (Wildman–Crippen MR) is 131 cm³/mol. The molecule has 0 radical (unpaired) electrons. The molecule has 2 amide bonds. The lowest BCUT2D eigenvalue weighted by molar-refractivity contribution is -0.128. The third-order valence-electron chi connectivity index (χ3n) is 8.14. The Morgan fingerprint density at radius 3 is 2.41 bits per heavy atom. The minimum absolute atomic E-state index is 0.00865. The zero-order valence-electron chi connectivity index (χ0n) is 19.3. The third kappa shape index (κ3) is 2.95. The number of primary amides is 1. The number of aliphatic hydroxyl groups is 1. The van der Waals surface area contributed by atoms with Crippen molar-refractivity contribution in [3.63, 3.8) is 0 Å². The summed E-state index contributed by atoms with van der Waals surface area (Å²) in [6, 6.07) is 20.2. The largest absolute Gasteiger partial charge is 0.386 e. The Morgan fingerprint density at radius 1 is 1.03 bits per heavy atom. The van der Waals surface area contributed by atoms with Gasteiger partial charge in [-0.3, -0.25) is 14.5 Å². The van der Waals surface area contributed by atoms with Crippen LogP contribution in [-0.2, 0) is 15.0 Å². The number of benzene rings is 3. The Morgan fingerprint density at radius 2 is 1.71 bits per heavy atom. The van der Waals surface area contributed by atoms with Gasteiger partial charge in [0.25, 0.3) is 0 Å². The predicted octanol–water partition coefficient (Wildman–Crippen LogP) is 3.57. The highest BCUT2D eigenvalue weighted by Crippen LogP contribution is 2.49. The van der Waals surface area contributed by atoms with Gasteiger partial charge in [0.2, 0.25) is 11.8 Å². The molecule has 6 nitrogen and oxygen atoms in total. The van der Waals surface area contributed by atoms with Crippen molar-refractivity contribution in [3.8, 4) is 0 Å². The van der Waals surface area contributed by atoms with E-state index >= 15 is 0 Å². The molecule has 0 saturated carbocycles. The lowest BCUT2D eigenvalue weighted by Gasteiger charge is -2.41. The standard InChI is InChI=1S/C28H29N3O3/c1-28(16-23(29)32)21-10-2-3-11-22(21)31(27(28)34)18-12-14-30(15-13-18)25-19-8-4-6-17-7-5-9-20(24(17)19)26(25)33/h2-11,18,25-26,33H,12-16H2,1H3,(H2,29,32). The molecule has 0 spiro atoms. The fourth-order valence-electron chi connectivity index (χ4n) is 6.57. The number of rotatable bonds is 4. The van der Waals surface area contributed by atoms with Gasteiger partial charge in [0.1, 0.15) is 0 Å². The van der Waals surface area contributed by atoms with Crippen LogP contribution >= 0.6 is 0 Å². The zero-order chi connectivity index (χ0) is 23.6. The first-order valence-corrected chi connectivity index (χ1v) is 12.1. The summed E-state index contributed by atoms with van der Waals surface area (Å²) in [5, 5.41) is 13.6. The fourth-order valence-corrected chi connectivity index (χ4v) is 6.57. The Balaban J connectivity index is 1.26. The number of carbonyl (C=O) groups is 2. The number of hydrogen-bond acceptors (Lipinski definition) is 4. The number of carbonyl (C=O) groups excluding carboxylic acids is 2. The van der Waals surface area contributed by atoms with Gasteiger partial charge >= 0.3 is 0 Å². The summed E-state index contributed by atoms with van der Waals surface area (Å²) < 4.78 is 0. The summed E-state index contributed by atoms with van der Waals surface area (Å²) in [5.41, 5.74) is 8.59. The number of aliphatic hydroxyl groups excluding tert-OH is 1. The quantitative estimate of drug-likeness (QED) is 0.630. The molecule has 3 unspecified atom stereocenters. The van der Waals surface area contributed by atoms with Crippen LogP contribution in [0.3, 0.4) is 0 Å². The molecule has 6 rings (SSSR count). The lowest BCUT2D eigenvalue weighted by atomic mass is 9.80. The summed E-state index contributed by atoms with van der Waals surface area (Å²) in [4.78, 5) is 29.7. The Labute approximate surface area is 199 Å². The van der Waals surface area contributed by atoms with Crippen LogP contribution in [0.2, 0.25) is 0 Å². The van der Waals surface area contributed by atoms with Gasteiger partial charge in [-0.05, 0) is 53.3 Å². The summed E-state index contributed by atoms with van der Waals surface area (Å²) in [6.45, 7) is 3.41. The van der Waals surface area contributed by atoms with Gasteiger partial charge in [-0.1, -0.05) is 54.6 Å². The first-order chi connectivity index (χ1) is 16.4. The van der Waals surface area contributed by atoms with Crippen LogP contribution in [0.25, 0.3) is 10.8 Å². The third-order valence-corrected chi connectivity index (χ3v) is 8.14. The molecule has 1 saturated heterocycles. The van der Waals surface area contributed by atoms with Crippen LogP contribution in [0.5, 0.6) is 0 Å². The molecule has 174 valence electrons. The lowest BCUT2D eigenvalue weighted by Crippen LogP contribution is -2.50. The Kier molecular flexibility index (Phi) is 4.80. The molecule has 1 aliphatic carbocycles. The highest BCUT2D eigenvalue weighted by atomic mass is 16.3. The molecule has 6 heteroatoms. The van der Waals surface area contributed by atoms with Gasteiger partial charge in [0, 0.05) is 31.2 Å². The molecule has 3 aromatic carbocycles. The summed E-state index contributed by atoms with van der Waals surface area (Å²) in [7, 11) is 0. The number of para-hydroxylation sites is 1. The van der Waals surface area contributed by atoms with E-state index in [9.17, 15) is 14.7 Å². The summed E-state index contributed by atoms with van der Waals surface area (Å²) in [6.07, 6.45) is 1.07. The number of nitrogens with two attached hydrogens (primary N) is 1. The highest BCUT2D eigenvalue weighted by molar-refractivity contribution is 6.10. The fraction of sp³-hybridized carbons (Fsp3) is 0.357. The smallest absolute Gasteiger partial charge is 0.238 e. The maximum atomic E-state index is 13.6. The molecule has 0 bridgehead atoms. The summed E-state index contributed by atoms with van der Waals surface area (Å²) >= 11 is 0. The molecule has 34 heavy (non-hydrogen) atoms. The first kappa shape index (κ1) is 21.3. The van der Waals surface area contributed by atoms with Crippen LogP contribution in [0.1, 0.15) is 55.0 Å². The number of likely N-dealkylation sites (tertiary alicyclic amines) is 1. The zero-order valence-corrected chi connectivity index (χ0v) is 19.3. The van der Waals surface area contributed by atoms with E-state index in [2.05, 4.69) is 29.2 Å². The van der Waals surface area contributed by atoms with Crippen LogP contribution in [0.4, 0.5) is 5.69 Å². The van der Waals surface area contributed by atoms with E-state index in [1.807, 2.05) is 48.2 Å². The molecule has 2 aliphatic heterocycles. The van der Waals surface area contributed by atoms with Crippen molar-refractivity contribution in [2.24, 2.45) is 5.73 Å². The Hall–Kier alpha value is -3.22. The van der Waals surface area contributed by atoms with Gasteiger partial charge in [0.05, 0.1) is 17.6 Å². The van der Waals surface area contributed by atoms with Gasteiger partial charge in [0.15, 0.2) is 0 Å². The molecule has 3 aliphatic rings. The number of nitrogens with zero attached hydrogens (tertiary/aromatic N) is 2. The van der Waals surface area contributed by atoms with Gasteiger partial charge < -0.3 is 15.7 Å². The molecular weight excluding hydrogens is 426 g/mol. The SMILES string of the molecule is CC1(CC(N)=O)C(=O)N(C2CCN(C3c4cccc5cccc(c45)C3O)CC2)c2ccccc21. The molecular formula is C28H29N3O3. The van der Waals surface area contributed by atoms with Gasteiger partial charge in [-0.2, -0.15) is 0 Å². The average molecular weight is 456 g/mol. The normalized spacial score (nSPS) is 26.9. The number of fused-ring (bicyclic) bond motifs is 1. The number of anilines is 1. The van der Waals surface area contributed by atoms with E-state index in [-0.39, 0.29) is 24.4 Å². The van der Waals surface area contributed by atoms with Crippen LogP contribution in [0, 0.1) is 0 Å².